The summed E-state index contributed by atoms with van der Waals surface area (Å²) in [4.78, 5) is 25.0. The van der Waals surface area contributed by atoms with Crippen molar-refractivity contribution >= 4 is 29.0 Å². The molecule has 1 aliphatic heterocycles. The van der Waals surface area contributed by atoms with Crippen LogP contribution in [0.15, 0.2) is 71.6 Å². The Labute approximate surface area is 155 Å². The Morgan fingerprint density at radius 3 is 2.63 bits per heavy atom. The van der Waals surface area contributed by atoms with E-state index >= 15 is 0 Å². The van der Waals surface area contributed by atoms with E-state index in [2.05, 4.69) is 25.6 Å². The fourth-order valence-corrected chi connectivity index (χ4v) is 2.85. The molecular weight excluding hydrogens is 342 g/mol. The summed E-state index contributed by atoms with van der Waals surface area (Å²) >= 11 is 0. The number of amides is 1. The van der Waals surface area contributed by atoms with Crippen LogP contribution in [0.2, 0.25) is 0 Å². The van der Waals surface area contributed by atoms with Gasteiger partial charge in [0.1, 0.15) is 5.70 Å². The number of carbonyl (C=O) groups is 1. The normalized spacial score (nSPS) is 16.3. The number of hydrogen-bond donors (Lipinski definition) is 3. The number of hydrogen-bond acceptors (Lipinski definition) is 6. The molecule has 3 aromatic rings. The van der Waals surface area contributed by atoms with E-state index in [-0.39, 0.29) is 24.3 Å². The van der Waals surface area contributed by atoms with Gasteiger partial charge in [0.25, 0.3) is 5.91 Å². The maximum atomic E-state index is 12.2. The molecule has 1 atom stereocenters. The summed E-state index contributed by atoms with van der Waals surface area (Å²) < 4.78 is 0. The lowest BCUT2D eigenvalue weighted by Crippen LogP contribution is -2.39. The van der Waals surface area contributed by atoms with E-state index in [4.69, 9.17) is 0 Å². The standard InChI is InChI=1S/C20H17N5O2/c26-12-18(14-4-2-1-3-5-14)24-20-23-17(19(27)25-20)11-13-6-7-15-16(10-13)22-9-8-21-15/h1-11,18,26H,12H2,(H2,23,24,25,27)/b17-11-/t18-/m0/s1. The van der Waals surface area contributed by atoms with Gasteiger partial charge in [-0.15, -0.1) is 0 Å². The van der Waals surface area contributed by atoms with Gasteiger partial charge in [-0.1, -0.05) is 36.4 Å². The molecule has 0 aliphatic carbocycles. The van der Waals surface area contributed by atoms with E-state index in [1.54, 1.807) is 18.5 Å². The van der Waals surface area contributed by atoms with Crippen LogP contribution in [0.5, 0.6) is 0 Å². The topological polar surface area (TPSA) is 99.5 Å². The molecule has 1 aromatic heterocycles. The molecule has 7 nitrogen and oxygen atoms in total. The number of carbonyl (C=O) groups excluding carboxylic acids is 1. The summed E-state index contributed by atoms with van der Waals surface area (Å²) in [5.41, 5.74) is 3.53. The predicted octanol–water partition coefficient (Wildman–Crippen LogP) is 1.78. The summed E-state index contributed by atoms with van der Waals surface area (Å²) in [5, 5.41) is 15.4. The maximum absolute atomic E-state index is 12.2. The third kappa shape index (κ3) is 3.68. The highest BCUT2D eigenvalue weighted by Crippen LogP contribution is 2.17. The lowest BCUT2D eigenvalue weighted by atomic mass is 10.1. The fourth-order valence-electron chi connectivity index (χ4n) is 2.85. The molecule has 7 heteroatoms. The van der Waals surface area contributed by atoms with Gasteiger partial charge in [-0.2, -0.15) is 0 Å². The molecule has 1 aliphatic rings. The zero-order chi connectivity index (χ0) is 18.6. The number of aliphatic hydroxyl groups is 1. The largest absolute Gasteiger partial charge is 0.394 e. The van der Waals surface area contributed by atoms with E-state index in [1.807, 2.05) is 48.5 Å². The van der Waals surface area contributed by atoms with Crippen LogP contribution in [-0.2, 0) is 4.79 Å². The van der Waals surface area contributed by atoms with E-state index in [9.17, 15) is 9.90 Å². The Hall–Kier alpha value is -3.58. The minimum Gasteiger partial charge on any atom is -0.394 e. The summed E-state index contributed by atoms with van der Waals surface area (Å²) in [6, 6.07) is 14.7. The molecular formula is C20H17N5O2. The number of nitrogens with one attached hydrogen (secondary N) is 2. The smallest absolute Gasteiger partial charge is 0.276 e. The number of benzene rings is 2. The third-order valence-corrected chi connectivity index (χ3v) is 4.19. The van der Waals surface area contributed by atoms with Crippen molar-refractivity contribution in [2.45, 2.75) is 6.04 Å². The van der Waals surface area contributed by atoms with Crippen molar-refractivity contribution in [1.29, 1.82) is 0 Å². The summed E-state index contributed by atoms with van der Waals surface area (Å²) in [6.07, 6.45) is 4.95. The first kappa shape index (κ1) is 16.9. The van der Waals surface area contributed by atoms with Gasteiger partial charge in [0, 0.05) is 12.4 Å². The first-order valence-corrected chi connectivity index (χ1v) is 8.48. The number of nitrogens with zero attached hydrogens (tertiary/aromatic N) is 3. The molecule has 1 amide bonds. The monoisotopic (exact) mass is 359 g/mol. The van der Waals surface area contributed by atoms with Gasteiger partial charge in [-0.3, -0.25) is 20.1 Å². The van der Waals surface area contributed by atoms with Crippen molar-refractivity contribution in [3.63, 3.8) is 0 Å². The molecule has 3 N–H and O–H groups in total. The van der Waals surface area contributed by atoms with Gasteiger partial charge in [0.2, 0.25) is 5.96 Å². The number of guanidine groups is 1. The zero-order valence-electron chi connectivity index (χ0n) is 14.3. The highest BCUT2D eigenvalue weighted by Gasteiger charge is 2.22. The number of aliphatic hydroxyl groups excluding tert-OH is 1. The van der Waals surface area contributed by atoms with Gasteiger partial charge in [0.15, 0.2) is 0 Å². The number of aliphatic imine (C=N–C) groups is 1. The van der Waals surface area contributed by atoms with E-state index in [0.717, 1.165) is 22.2 Å². The van der Waals surface area contributed by atoms with Crippen molar-refractivity contribution < 1.29 is 9.90 Å². The maximum Gasteiger partial charge on any atom is 0.276 e. The Bertz CT molecular complexity index is 1050. The van der Waals surface area contributed by atoms with Crippen LogP contribution >= 0.6 is 0 Å². The summed E-state index contributed by atoms with van der Waals surface area (Å²) in [7, 11) is 0. The Morgan fingerprint density at radius 1 is 1.07 bits per heavy atom. The minimum atomic E-state index is -0.361. The van der Waals surface area contributed by atoms with Gasteiger partial charge < -0.3 is 10.4 Å². The zero-order valence-corrected chi connectivity index (χ0v) is 14.3. The van der Waals surface area contributed by atoms with Gasteiger partial charge in [-0.25, -0.2) is 4.99 Å². The third-order valence-electron chi connectivity index (χ3n) is 4.19. The molecule has 0 radical (unpaired) electrons. The highest BCUT2D eigenvalue weighted by atomic mass is 16.3. The second-order valence-electron chi connectivity index (χ2n) is 6.04. The second kappa shape index (κ2) is 7.35. The molecule has 0 saturated carbocycles. The average Bonchev–Trinajstić information content (AvgIpc) is 3.05. The second-order valence-corrected chi connectivity index (χ2v) is 6.04. The SMILES string of the molecule is O=C1NC(N[C@@H](CO)c2ccccc2)=N/C1=C\c1ccc2nccnc2c1. The van der Waals surface area contributed by atoms with E-state index < -0.39 is 0 Å². The molecule has 2 aromatic carbocycles. The molecule has 0 saturated heterocycles. The molecule has 0 fully saturated rings. The Morgan fingerprint density at radius 2 is 1.85 bits per heavy atom. The first-order chi connectivity index (χ1) is 13.2. The Kier molecular flexibility index (Phi) is 4.59. The molecule has 0 spiro atoms. The van der Waals surface area contributed by atoms with Crippen molar-refractivity contribution in [1.82, 2.24) is 20.6 Å². The molecule has 134 valence electrons. The molecule has 0 bridgehead atoms. The molecule has 2 heterocycles. The fraction of sp³-hybridized carbons (Fsp3) is 0.100. The van der Waals surface area contributed by atoms with Crippen LogP contribution in [0.1, 0.15) is 17.2 Å². The average molecular weight is 359 g/mol. The van der Waals surface area contributed by atoms with Crippen LogP contribution in [0, 0.1) is 0 Å². The minimum absolute atomic E-state index is 0.124. The van der Waals surface area contributed by atoms with Gasteiger partial charge in [0.05, 0.1) is 23.7 Å². The van der Waals surface area contributed by atoms with E-state index in [0.29, 0.717) is 5.96 Å². The van der Waals surface area contributed by atoms with Crippen molar-refractivity contribution in [3.8, 4) is 0 Å². The van der Waals surface area contributed by atoms with Gasteiger partial charge in [-0.05, 0) is 29.3 Å². The van der Waals surface area contributed by atoms with Crippen LogP contribution < -0.4 is 10.6 Å². The summed E-state index contributed by atoms with van der Waals surface area (Å²) in [6.45, 7) is -0.124. The number of fused-ring (bicyclic) bond motifs is 1. The highest BCUT2D eigenvalue weighted by molar-refractivity contribution is 6.13. The number of rotatable bonds is 4. The summed E-state index contributed by atoms with van der Waals surface area (Å²) in [5.74, 6) is 0.0104. The number of aromatic nitrogens is 2. The molecule has 4 rings (SSSR count). The van der Waals surface area contributed by atoms with Crippen molar-refractivity contribution in [2.75, 3.05) is 6.61 Å². The van der Waals surface area contributed by atoms with Crippen molar-refractivity contribution in [3.05, 3.63) is 77.7 Å². The predicted molar refractivity (Wildman–Crippen MR) is 102 cm³/mol. The van der Waals surface area contributed by atoms with Crippen LogP contribution in [0.25, 0.3) is 17.1 Å². The molecule has 0 unspecified atom stereocenters. The quantitative estimate of drug-likeness (QED) is 0.617. The lowest BCUT2D eigenvalue weighted by molar-refractivity contribution is -0.115. The van der Waals surface area contributed by atoms with Crippen molar-refractivity contribution in [2.24, 2.45) is 4.99 Å². The van der Waals surface area contributed by atoms with Gasteiger partial charge >= 0.3 is 0 Å². The van der Waals surface area contributed by atoms with Crippen LogP contribution in [0.3, 0.4) is 0 Å². The molecule has 27 heavy (non-hydrogen) atoms. The van der Waals surface area contributed by atoms with Crippen LogP contribution in [-0.4, -0.2) is 33.5 Å². The van der Waals surface area contributed by atoms with E-state index in [1.165, 1.54) is 0 Å². The first-order valence-electron chi connectivity index (χ1n) is 8.48. The lowest BCUT2D eigenvalue weighted by Gasteiger charge is -2.17. The Balaban J connectivity index is 1.57. The van der Waals surface area contributed by atoms with Crippen LogP contribution in [0.4, 0.5) is 0 Å².